The number of aliphatic hydroxyl groups is 1. The van der Waals surface area contributed by atoms with E-state index in [1.54, 1.807) is 12.1 Å². The predicted molar refractivity (Wildman–Crippen MR) is 110 cm³/mol. The van der Waals surface area contributed by atoms with Crippen LogP contribution in [0.3, 0.4) is 0 Å². The molecule has 148 valence electrons. The first-order chi connectivity index (χ1) is 13.6. The largest absolute Gasteiger partial charge is 0.483 e. The highest BCUT2D eigenvalue weighted by molar-refractivity contribution is 5.97. The molecule has 2 aromatic carbocycles. The summed E-state index contributed by atoms with van der Waals surface area (Å²) in [6.07, 6.45) is 1.89. The van der Waals surface area contributed by atoms with Gasteiger partial charge in [-0.15, -0.1) is 0 Å². The minimum absolute atomic E-state index is 0.0852. The number of nitrogens with zero attached hydrogens (tertiary/aromatic N) is 2. The smallest absolute Gasteiger partial charge is 0.251 e. The Hall–Kier alpha value is -2.86. The third-order valence-corrected chi connectivity index (χ3v) is 4.59. The number of aryl methyl sites for hydroxylation is 1. The second-order valence-corrected chi connectivity index (χ2v) is 6.73. The number of amides is 1. The van der Waals surface area contributed by atoms with E-state index >= 15 is 0 Å². The van der Waals surface area contributed by atoms with E-state index in [1.807, 2.05) is 43.3 Å². The zero-order valence-electron chi connectivity index (χ0n) is 16.4. The van der Waals surface area contributed by atoms with Crippen LogP contribution in [0.25, 0.3) is 11.0 Å². The van der Waals surface area contributed by atoms with Crippen LogP contribution in [0.4, 0.5) is 0 Å². The van der Waals surface area contributed by atoms with E-state index in [4.69, 9.17) is 14.8 Å². The number of rotatable bonds is 9. The maximum atomic E-state index is 12.2. The first-order valence-corrected chi connectivity index (χ1v) is 9.75. The predicted octanol–water partition coefficient (Wildman–Crippen LogP) is 3.70. The summed E-state index contributed by atoms with van der Waals surface area (Å²) in [5.41, 5.74) is 2.29. The molecule has 3 rings (SSSR count). The van der Waals surface area contributed by atoms with Crippen molar-refractivity contribution >= 4 is 16.9 Å². The summed E-state index contributed by atoms with van der Waals surface area (Å²) in [5, 5.41) is 11.6. The summed E-state index contributed by atoms with van der Waals surface area (Å²) in [4.78, 5) is 17.0. The van der Waals surface area contributed by atoms with Crippen LogP contribution in [0, 0.1) is 0 Å². The van der Waals surface area contributed by atoms with Crippen molar-refractivity contribution in [2.75, 3.05) is 13.2 Å². The fraction of sp³-hybridized carbons (Fsp3) is 0.364. The number of unbranched alkanes of at least 4 members (excludes halogenated alkanes) is 1. The van der Waals surface area contributed by atoms with E-state index in [2.05, 4.69) is 16.8 Å². The highest BCUT2D eigenvalue weighted by atomic mass is 16.5. The Kier molecular flexibility index (Phi) is 6.66. The highest BCUT2D eigenvalue weighted by Gasteiger charge is 2.19. The van der Waals surface area contributed by atoms with Crippen molar-refractivity contribution in [2.24, 2.45) is 0 Å². The molecule has 2 N–H and O–H groups in total. The molecule has 0 aliphatic heterocycles. The zero-order chi connectivity index (χ0) is 19.9. The number of aliphatic hydroxyl groups excluding tert-OH is 1. The molecule has 28 heavy (non-hydrogen) atoms. The summed E-state index contributed by atoms with van der Waals surface area (Å²) in [6.45, 7) is 5.14. The number of carbonyl (C=O) groups is 1. The quantitative estimate of drug-likeness (QED) is 0.593. The Bertz CT molecular complexity index is 921. The first-order valence-electron chi connectivity index (χ1n) is 9.75. The van der Waals surface area contributed by atoms with Gasteiger partial charge < -0.3 is 19.7 Å². The van der Waals surface area contributed by atoms with E-state index in [0.717, 1.165) is 42.0 Å². The fourth-order valence-electron chi connectivity index (χ4n) is 3.18. The molecule has 0 fully saturated rings. The molecule has 6 heteroatoms. The molecule has 0 saturated heterocycles. The number of imidazole rings is 1. The lowest BCUT2D eigenvalue weighted by atomic mass is 10.2. The maximum absolute atomic E-state index is 12.2. The van der Waals surface area contributed by atoms with Crippen molar-refractivity contribution in [3.05, 3.63) is 59.9 Å². The average molecular weight is 381 g/mol. The number of fused-ring (bicyclic) bond motifs is 1. The van der Waals surface area contributed by atoms with Crippen LogP contribution >= 0.6 is 0 Å². The van der Waals surface area contributed by atoms with E-state index in [1.165, 1.54) is 0 Å². The Labute approximate surface area is 165 Å². The first kappa shape index (κ1) is 19.9. The van der Waals surface area contributed by atoms with Gasteiger partial charge in [-0.2, -0.15) is 0 Å². The molecular formula is C22H27N3O3. The van der Waals surface area contributed by atoms with Crippen LogP contribution in [0.1, 0.15) is 49.0 Å². The second-order valence-electron chi connectivity index (χ2n) is 6.73. The van der Waals surface area contributed by atoms with Gasteiger partial charge in [0.15, 0.2) is 11.9 Å². The summed E-state index contributed by atoms with van der Waals surface area (Å²) in [5.74, 6) is 1.43. The summed E-state index contributed by atoms with van der Waals surface area (Å²) >= 11 is 0. The second kappa shape index (κ2) is 9.37. The molecule has 0 aliphatic carbocycles. The molecule has 0 spiro atoms. The van der Waals surface area contributed by atoms with Gasteiger partial charge in [0.2, 0.25) is 0 Å². The zero-order valence-corrected chi connectivity index (χ0v) is 16.4. The van der Waals surface area contributed by atoms with Gasteiger partial charge in [0, 0.05) is 18.7 Å². The average Bonchev–Trinajstić information content (AvgIpc) is 3.09. The molecule has 1 amide bonds. The lowest BCUT2D eigenvalue weighted by Crippen LogP contribution is -2.26. The number of hydrogen-bond donors (Lipinski definition) is 2. The van der Waals surface area contributed by atoms with Gasteiger partial charge in [0.25, 0.3) is 5.91 Å². The van der Waals surface area contributed by atoms with Crippen molar-refractivity contribution < 1.29 is 14.6 Å². The van der Waals surface area contributed by atoms with Gasteiger partial charge >= 0.3 is 0 Å². The van der Waals surface area contributed by atoms with Gasteiger partial charge in [-0.1, -0.05) is 31.5 Å². The van der Waals surface area contributed by atoms with Crippen LogP contribution in [-0.2, 0) is 6.54 Å². The van der Waals surface area contributed by atoms with Gasteiger partial charge in [-0.25, -0.2) is 4.98 Å². The van der Waals surface area contributed by atoms with Crippen LogP contribution in [0.5, 0.6) is 5.75 Å². The Balaban J connectivity index is 1.94. The van der Waals surface area contributed by atoms with E-state index in [9.17, 15) is 4.79 Å². The Morgan fingerprint density at radius 2 is 2.04 bits per heavy atom. The third-order valence-electron chi connectivity index (χ3n) is 4.59. The number of ether oxygens (including phenoxy) is 1. The van der Waals surface area contributed by atoms with Gasteiger partial charge in [-0.05, 0) is 43.7 Å². The summed E-state index contributed by atoms with van der Waals surface area (Å²) < 4.78 is 8.27. The van der Waals surface area contributed by atoms with E-state index in [-0.39, 0.29) is 25.2 Å². The lowest BCUT2D eigenvalue weighted by Gasteiger charge is -2.16. The van der Waals surface area contributed by atoms with Crippen LogP contribution < -0.4 is 10.1 Å². The summed E-state index contributed by atoms with van der Waals surface area (Å²) in [7, 11) is 0. The molecule has 0 bridgehead atoms. The SMILES string of the molecule is CCCCn1c(C(C)Oc2ccccc2)nc2cc(C(=O)NCCO)ccc21. The number of nitrogens with one attached hydrogen (secondary N) is 1. The van der Waals surface area contributed by atoms with E-state index < -0.39 is 0 Å². The molecule has 1 unspecified atom stereocenters. The lowest BCUT2D eigenvalue weighted by molar-refractivity contribution is 0.0945. The third kappa shape index (κ3) is 4.51. The minimum atomic E-state index is -0.224. The number of para-hydroxylation sites is 1. The fourth-order valence-corrected chi connectivity index (χ4v) is 3.18. The van der Waals surface area contributed by atoms with Crippen molar-refractivity contribution in [3.63, 3.8) is 0 Å². The molecule has 0 radical (unpaired) electrons. The molecular weight excluding hydrogens is 354 g/mol. The van der Waals surface area contributed by atoms with Gasteiger partial charge in [0.05, 0.1) is 17.6 Å². The molecule has 0 aliphatic rings. The number of aromatic nitrogens is 2. The standard InChI is InChI=1S/C22H27N3O3/c1-3-4-13-25-20-11-10-17(22(27)23-12-14-26)15-19(20)24-21(25)16(2)28-18-8-6-5-7-9-18/h5-11,15-16,26H,3-4,12-14H2,1-2H3,(H,23,27). The maximum Gasteiger partial charge on any atom is 0.251 e. The van der Waals surface area contributed by atoms with Crippen LogP contribution in [-0.4, -0.2) is 33.7 Å². The minimum Gasteiger partial charge on any atom is -0.483 e. The highest BCUT2D eigenvalue weighted by Crippen LogP contribution is 2.26. The molecule has 3 aromatic rings. The number of carbonyl (C=O) groups excluding carboxylic acids is 1. The molecule has 1 heterocycles. The summed E-state index contributed by atoms with van der Waals surface area (Å²) in [6, 6.07) is 15.2. The van der Waals surface area contributed by atoms with Crippen molar-refractivity contribution in [1.29, 1.82) is 0 Å². The molecule has 6 nitrogen and oxygen atoms in total. The normalized spacial score (nSPS) is 12.1. The monoisotopic (exact) mass is 381 g/mol. The van der Waals surface area contributed by atoms with Gasteiger partial charge in [0.1, 0.15) is 5.75 Å². The molecule has 0 saturated carbocycles. The number of benzene rings is 2. The van der Waals surface area contributed by atoms with Crippen LogP contribution in [0.2, 0.25) is 0 Å². The van der Waals surface area contributed by atoms with Crippen LogP contribution in [0.15, 0.2) is 48.5 Å². The Morgan fingerprint density at radius 3 is 2.75 bits per heavy atom. The van der Waals surface area contributed by atoms with Crippen molar-refractivity contribution in [2.45, 2.75) is 39.3 Å². The molecule has 1 atom stereocenters. The molecule has 1 aromatic heterocycles. The topological polar surface area (TPSA) is 76.4 Å². The van der Waals surface area contributed by atoms with Crippen molar-refractivity contribution in [3.8, 4) is 5.75 Å². The van der Waals surface area contributed by atoms with E-state index in [0.29, 0.717) is 5.56 Å². The van der Waals surface area contributed by atoms with Gasteiger partial charge in [-0.3, -0.25) is 4.79 Å². The Morgan fingerprint density at radius 1 is 1.25 bits per heavy atom. The number of hydrogen-bond acceptors (Lipinski definition) is 4. The van der Waals surface area contributed by atoms with Crippen molar-refractivity contribution in [1.82, 2.24) is 14.9 Å².